The van der Waals surface area contributed by atoms with Gasteiger partial charge in [-0.05, 0) is 24.6 Å². The summed E-state index contributed by atoms with van der Waals surface area (Å²) in [6, 6.07) is 5.80. The van der Waals surface area contributed by atoms with Crippen LogP contribution in [-0.4, -0.2) is 44.5 Å². The quantitative estimate of drug-likeness (QED) is 0.316. The number of methoxy groups -OCH3 is 2. The predicted molar refractivity (Wildman–Crippen MR) is 83.4 cm³/mol. The zero-order chi connectivity index (χ0) is 18.3. The molecule has 0 aliphatic heterocycles. The molecule has 8 heteroatoms. The number of esters is 3. The lowest BCUT2D eigenvalue weighted by atomic mass is 9.82. The first-order chi connectivity index (χ1) is 11.4. The second-order valence-corrected chi connectivity index (χ2v) is 5.07. The number of carbonyl (C=O) groups is 4. The maximum atomic E-state index is 12.5. The van der Waals surface area contributed by atoms with Crippen molar-refractivity contribution in [2.45, 2.75) is 12.8 Å². The van der Waals surface area contributed by atoms with Gasteiger partial charge >= 0.3 is 17.9 Å². The SMILES string of the molecule is CCOC(=O)C(=O)[C@@H](c1ccc(Cl)cc1)C(C(=O)OC)C(=O)OC. The van der Waals surface area contributed by atoms with Gasteiger partial charge in [0.1, 0.15) is 0 Å². The molecule has 0 aromatic heterocycles. The third-order valence-electron chi connectivity index (χ3n) is 3.23. The Kier molecular flexibility index (Phi) is 7.38. The Bertz CT molecular complexity index is 608. The lowest BCUT2D eigenvalue weighted by molar-refractivity contribution is -0.163. The Hall–Kier alpha value is -2.41. The van der Waals surface area contributed by atoms with Gasteiger partial charge in [-0.3, -0.25) is 14.4 Å². The monoisotopic (exact) mass is 356 g/mol. The number of ketones is 1. The summed E-state index contributed by atoms with van der Waals surface area (Å²) >= 11 is 5.81. The van der Waals surface area contributed by atoms with Gasteiger partial charge in [-0.1, -0.05) is 23.7 Å². The van der Waals surface area contributed by atoms with E-state index in [-0.39, 0.29) is 12.2 Å². The third-order valence-corrected chi connectivity index (χ3v) is 3.48. The fourth-order valence-corrected chi connectivity index (χ4v) is 2.24. The van der Waals surface area contributed by atoms with Gasteiger partial charge in [0.15, 0.2) is 5.92 Å². The largest absolute Gasteiger partial charge is 0.468 e. The minimum atomic E-state index is -1.64. The van der Waals surface area contributed by atoms with E-state index in [2.05, 4.69) is 14.2 Å². The molecule has 1 atom stereocenters. The van der Waals surface area contributed by atoms with Gasteiger partial charge in [-0.2, -0.15) is 0 Å². The Balaban J connectivity index is 3.41. The Morgan fingerprint density at radius 1 is 1.00 bits per heavy atom. The summed E-state index contributed by atoms with van der Waals surface area (Å²) in [7, 11) is 2.12. The van der Waals surface area contributed by atoms with E-state index in [9.17, 15) is 19.2 Å². The summed E-state index contributed by atoms with van der Waals surface area (Å²) in [6.07, 6.45) is 0. The van der Waals surface area contributed by atoms with Gasteiger partial charge in [0.2, 0.25) is 5.78 Å². The molecule has 0 aliphatic carbocycles. The van der Waals surface area contributed by atoms with Crippen molar-refractivity contribution in [1.82, 2.24) is 0 Å². The highest BCUT2D eigenvalue weighted by atomic mass is 35.5. The first-order valence-electron chi connectivity index (χ1n) is 6.99. The standard InChI is InChI=1S/C16H17ClO7/c1-4-24-16(21)13(18)11(9-5-7-10(17)8-6-9)12(14(19)22-2)15(20)23-3/h5-8,11-12H,4H2,1-3H3/t11-/m0/s1. The van der Waals surface area contributed by atoms with Crippen LogP contribution in [-0.2, 0) is 33.4 Å². The van der Waals surface area contributed by atoms with Crippen molar-refractivity contribution >= 4 is 35.3 Å². The second-order valence-electron chi connectivity index (χ2n) is 4.64. The lowest BCUT2D eigenvalue weighted by Gasteiger charge is -2.22. The predicted octanol–water partition coefficient (Wildman–Crippen LogP) is 1.52. The summed E-state index contributed by atoms with van der Waals surface area (Å²) in [5, 5.41) is 0.383. The number of hydrogen-bond acceptors (Lipinski definition) is 7. The van der Waals surface area contributed by atoms with E-state index in [0.29, 0.717) is 5.02 Å². The molecule has 0 heterocycles. The first kappa shape index (κ1) is 19.6. The van der Waals surface area contributed by atoms with Crippen molar-refractivity contribution in [3.63, 3.8) is 0 Å². The van der Waals surface area contributed by atoms with Crippen LogP contribution in [0.2, 0.25) is 5.02 Å². The summed E-state index contributed by atoms with van der Waals surface area (Å²) in [4.78, 5) is 48.4. The highest BCUT2D eigenvalue weighted by Gasteiger charge is 2.44. The molecule has 24 heavy (non-hydrogen) atoms. The summed E-state index contributed by atoms with van der Waals surface area (Å²) in [5.74, 6) is -7.30. The maximum Gasteiger partial charge on any atom is 0.375 e. The molecular formula is C16H17ClO7. The van der Waals surface area contributed by atoms with E-state index < -0.39 is 35.5 Å². The van der Waals surface area contributed by atoms with Crippen LogP contribution in [0.25, 0.3) is 0 Å². The smallest absolute Gasteiger partial charge is 0.375 e. The fourth-order valence-electron chi connectivity index (χ4n) is 2.12. The number of rotatable bonds is 7. The van der Waals surface area contributed by atoms with Crippen molar-refractivity contribution in [3.8, 4) is 0 Å². The zero-order valence-corrected chi connectivity index (χ0v) is 14.2. The van der Waals surface area contributed by atoms with Crippen molar-refractivity contribution in [3.05, 3.63) is 34.9 Å². The normalized spacial score (nSPS) is 11.5. The minimum absolute atomic E-state index is 0.0287. The molecule has 0 amide bonds. The molecule has 0 fully saturated rings. The summed E-state index contributed by atoms with van der Waals surface area (Å²) < 4.78 is 13.9. The molecule has 0 N–H and O–H groups in total. The van der Waals surface area contributed by atoms with Gasteiger partial charge in [0.05, 0.1) is 26.7 Å². The van der Waals surface area contributed by atoms with E-state index >= 15 is 0 Å². The van der Waals surface area contributed by atoms with Crippen LogP contribution in [0.5, 0.6) is 0 Å². The van der Waals surface area contributed by atoms with Crippen LogP contribution in [0.3, 0.4) is 0 Å². The Labute approximate surface area is 143 Å². The van der Waals surface area contributed by atoms with Crippen molar-refractivity contribution in [1.29, 1.82) is 0 Å². The molecule has 7 nitrogen and oxygen atoms in total. The van der Waals surface area contributed by atoms with Gasteiger partial charge < -0.3 is 14.2 Å². The number of ether oxygens (including phenoxy) is 3. The molecule has 0 spiro atoms. The van der Waals surface area contributed by atoms with E-state index in [1.54, 1.807) is 0 Å². The van der Waals surface area contributed by atoms with Crippen molar-refractivity contribution in [2.75, 3.05) is 20.8 Å². The molecule has 1 rings (SSSR count). The molecule has 1 aromatic rings. The van der Waals surface area contributed by atoms with Crippen LogP contribution in [0.4, 0.5) is 0 Å². The van der Waals surface area contributed by atoms with E-state index in [0.717, 1.165) is 14.2 Å². The molecule has 0 radical (unpaired) electrons. The minimum Gasteiger partial charge on any atom is -0.468 e. The van der Waals surface area contributed by atoms with Gasteiger partial charge in [-0.25, -0.2) is 4.79 Å². The molecule has 1 aromatic carbocycles. The molecule has 0 aliphatic rings. The molecule has 0 bridgehead atoms. The first-order valence-corrected chi connectivity index (χ1v) is 7.37. The van der Waals surface area contributed by atoms with Gasteiger partial charge in [0.25, 0.3) is 0 Å². The third kappa shape index (κ3) is 4.55. The van der Waals surface area contributed by atoms with E-state index in [1.165, 1.54) is 31.2 Å². The Morgan fingerprint density at radius 3 is 1.92 bits per heavy atom. The zero-order valence-electron chi connectivity index (χ0n) is 13.4. The number of carbonyl (C=O) groups excluding carboxylic acids is 4. The molecule has 0 saturated carbocycles. The topological polar surface area (TPSA) is 96.0 Å². The van der Waals surface area contributed by atoms with Crippen LogP contribution < -0.4 is 0 Å². The van der Waals surface area contributed by atoms with E-state index in [1.807, 2.05) is 0 Å². The van der Waals surface area contributed by atoms with Crippen LogP contribution in [0, 0.1) is 5.92 Å². The Morgan fingerprint density at radius 2 is 1.50 bits per heavy atom. The van der Waals surface area contributed by atoms with Crippen LogP contribution in [0.15, 0.2) is 24.3 Å². The molecule has 130 valence electrons. The average molecular weight is 357 g/mol. The number of Topliss-reactive ketones (excluding diaryl/α,β-unsaturated/α-hetero) is 1. The van der Waals surface area contributed by atoms with Crippen molar-refractivity contribution in [2.24, 2.45) is 5.92 Å². The van der Waals surface area contributed by atoms with Crippen LogP contribution >= 0.6 is 11.6 Å². The summed E-state index contributed by atoms with van der Waals surface area (Å²) in [6.45, 7) is 1.50. The van der Waals surface area contributed by atoms with Gasteiger partial charge in [0, 0.05) is 5.02 Å². The fraction of sp³-hybridized carbons (Fsp3) is 0.375. The number of benzene rings is 1. The van der Waals surface area contributed by atoms with Gasteiger partial charge in [-0.15, -0.1) is 0 Å². The van der Waals surface area contributed by atoms with Crippen LogP contribution in [0.1, 0.15) is 18.4 Å². The second kappa shape index (κ2) is 9.02. The lowest BCUT2D eigenvalue weighted by Crippen LogP contribution is -2.39. The molecule has 0 saturated heterocycles. The van der Waals surface area contributed by atoms with Crippen molar-refractivity contribution < 1.29 is 33.4 Å². The summed E-state index contributed by atoms with van der Waals surface area (Å²) in [5.41, 5.74) is 0.234. The maximum absolute atomic E-state index is 12.5. The number of hydrogen-bond donors (Lipinski definition) is 0. The average Bonchev–Trinajstić information content (AvgIpc) is 2.59. The molecule has 0 unspecified atom stereocenters. The molecular weight excluding hydrogens is 340 g/mol. The van der Waals surface area contributed by atoms with E-state index in [4.69, 9.17) is 11.6 Å². The number of halogens is 1. The highest BCUT2D eigenvalue weighted by Crippen LogP contribution is 2.29. The highest BCUT2D eigenvalue weighted by molar-refractivity contribution is 6.37.